The summed E-state index contributed by atoms with van der Waals surface area (Å²) in [6, 6.07) is 0. The average Bonchev–Trinajstić information content (AvgIpc) is 2.29. The molecular weight excluding hydrogens is 198 g/mol. The third-order valence-electron chi connectivity index (χ3n) is 3.00. The Morgan fingerprint density at radius 3 is 1.88 bits per heavy atom. The summed E-state index contributed by atoms with van der Waals surface area (Å²) in [6.45, 7) is 8.67. The molecule has 16 heavy (non-hydrogen) atoms. The molecule has 0 bridgehead atoms. The fraction of sp³-hybridized carbons (Fsp3) is 1.00. The molecule has 0 aliphatic carbocycles. The Balaban J connectivity index is 3.43. The van der Waals surface area contributed by atoms with Gasteiger partial charge in [-0.2, -0.15) is 0 Å². The lowest BCUT2D eigenvalue weighted by molar-refractivity contribution is 0.255. The highest BCUT2D eigenvalue weighted by Gasteiger charge is 2.02. The van der Waals surface area contributed by atoms with E-state index in [4.69, 9.17) is 5.11 Å². The van der Waals surface area contributed by atoms with E-state index in [1.54, 1.807) is 0 Å². The van der Waals surface area contributed by atoms with Crippen LogP contribution in [0.25, 0.3) is 0 Å². The van der Waals surface area contributed by atoms with Gasteiger partial charge in [0.25, 0.3) is 0 Å². The molecule has 0 heterocycles. The van der Waals surface area contributed by atoms with Crippen molar-refractivity contribution in [3.8, 4) is 0 Å². The summed E-state index contributed by atoms with van der Waals surface area (Å²) >= 11 is 0. The van der Waals surface area contributed by atoms with Crippen LogP contribution in [0.1, 0.15) is 65.2 Å². The fourth-order valence-corrected chi connectivity index (χ4v) is 2.04. The molecule has 98 valence electrons. The monoisotopic (exact) mass is 229 g/mol. The zero-order valence-electron chi connectivity index (χ0n) is 11.4. The molecule has 2 nitrogen and oxygen atoms in total. The van der Waals surface area contributed by atoms with E-state index in [-0.39, 0.29) is 0 Å². The first-order chi connectivity index (χ1) is 7.85. The maximum Gasteiger partial charge on any atom is 0.0431 e. The number of aliphatic hydroxyl groups excluding tert-OH is 1. The van der Waals surface area contributed by atoms with Gasteiger partial charge in [0.15, 0.2) is 0 Å². The van der Waals surface area contributed by atoms with Crippen molar-refractivity contribution in [1.29, 1.82) is 0 Å². The smallest absolute Gasteiger partial charge is 0.0431 e. The van der Waals surface area contributed by atoms with Crippen LogP contribution in [0.15, 0.2) is 0 Å². The summed E-state index contributed by atoms with van der Waals surface area (Å²) in [5, 5.41) is 8.69. The van der Waals surface area contributed by atoms with Crippen molar-refractivity contribution in [3.05, 3.63) is 0 Å². The molecule has 1 N–H and O–H groups in total. The summed E-state index contributed by atoms with van der Waals surface area (Å²) in [6.07, 6.45) is 10.0. The molecule has 0 rings (SSSR count). The van der Waals surface area contributed by atoms with Gasteiger partial charge in [-0.15, -0.1) is 0 Å². The zero-order chi connectivity index (χ0) is 12.1. The van der Waals surface area contributed by atoms with Crippen molar-refractivity contribution in [1.82, 2.24) is 4.90 Å². The molecule has 0 unspecified atom stereocenters. The molecule has 0 aliphatic rings. The van der Waals surface area contributed by atoms with E-state index >= 15 is 0 Å². The van der Waals surface area contributed by atoms with Crippen LogP contribution < -0.4 is 0 Å². The first kappa shape index (κ1) is 15.9. The molecule has 0 aromatic rings. The SMILES string of the molecule is CCCCCN(CCC)CCCCCCO. The lowest BCUT2D eigenvalue weighted by Crippen LogP contribution is -2.26. The number of hydrogen-bond donors (Lipinski definition) is 1. The molecule has 0 aromatic carbocycles. The van der Waals surface area contributed by atoms with Crippen molar-refractivity contribution in [2.45, 2.75) is 65.2 Å². The van der Waals surface area contributed by atoms with Crippen LogP contribution in [0.5, 0.6) is 0 Å². The van der Waals surface area contributed by atoms with Gasteiger partial charge in [-0.05, 0) is 45.3 Å². The van der Waals surface area contributed by atoms with Crippen LogP contribution in [-0.2, 0) is 0 Å². The predicted molar refractivity (Wildman–Crippen MR) is 71.8 cm³/mol. The molecule has 0 saturated heterocycles. The number of hydrogen-bond acceptors (Lipinski definition) is 2. The van der Waals surface area contributed by atoms with Crippen LogP contribution in [0.3, 0.4) is 0 Å². The molecule has 0 spiro atoms. The Morgan fingerprint density at radius 1 is 0.688 bits per heavy atom. The van der Waals surface area contributed by atoms with Gasteiger partial charge >= 0.3 is 0 Å². The largest absolute Gasteiger partial charge is 0.396 e. The van der Waals surface area contributed by atoms with E-state index < -0.39 is 0 Å². The number of unbranched alkanes of at least 4 members (excludes halogenated alkanes) is 5. The van der Waals surface area contributed by atoms with Crippen molar-refractivity contribution in [2.75, 3.05) is 26.2 Å². The standard InChI is InChI=1S/C14H31NO/c1-3-5-8-12-15(11-4-2)13-9-6-7-10-14-16/h16H,3-14H2,1-2H3. The van der Waals surface area contributed by atoms with Crippen molar-refractivity contribution >= 4 is 0 Å². The molecule has 0 aromatic heterocycles. The maximum absolute atomic E-state index is 8.69. The van der Waals surface area contributed by atoms with E-state index in [2.05, 4.69) is 18.7 Å². The van der Waals surface area contributed by atoms with Crippen LogP contribution in [0.2, 0.25) is 0 Å². The van der Waals surface area contributed by atoms with Crippen LogP contribution in [0, 0.1) is 0 Å². The van der Waals surface area contributed by atoms with Crippen molar-refractivity contribution in [3.63, 3.8) is 0 Å². The van der Waals surface area contributed by atoms with Gasteiger partial charge in [0.05, 0.1) is 0 Å². The Bertz CT molecular complexity index is 128. The van der Waals surface area contributed by atoms with E-state index in [0.29, 0.717) is 6.61 Å². The number of rotatable bonds is 12. The van der Waals surface area contributed by atoms with Crippen molar-refractivity contribution in [2.24, 2.45) is 0 Å². The number of aliphatic hydroxyl groups is 1. The zero-order valence-corrected chi connectivity index (χ0v) is 11.4. The van der Waals surface area contributed by atoms with Gasteiger partial charge in [0.2, 0.25) is 0 Å². The Hall–Kier alpha value is -0.0800. The first-order valence-corrected chi connectivity index (χ1v) is 7.18. The molecule has 0 amide bonds. The Morgan fingerprint density at radius 2 is 1.31 bits per heavy atom. The van der Waals surface area contributed by atoms with Crippen LogP contribution in [0.4, 0.5) is 0 Å². The molecular formula is C14H31NO. The predicted octanol–water partition coefficient (Wildman–Crippen LogP) is 3.44. The normalized spacial score (nSPS) is 11.2. The van der Waals surface area contributed by atoms with Gasteiger partial charge in [0.1, 0.15) is 0 Å². The third kappa shape index (κ3) is 10.4. The second-order valence-corrected chi connectivity index (χ2v) is 4.69. The molecule has 2 heteroatoms. The number of nitrogens with zero attached hydrogens (tertiary/aromatic N) is 1. The Labute approximate surface area is 102 Å². The van der Waals surface area contributed by atoms with E-state index in [0.717, 1.165) is 6.42 Å². The van der Waals surface area contributed by atoms with E-state index in [1.807, 2.05) is 0 Å². The van der Waals surface area contributed by atoms with E-state index in [9.17, 15) is 0 Å². The van der Waals surface area contributed by atoms with Crippen molar-refractivity contribution < 1.29 is 5.11 Å². The third-order valence-corrected chi connectivity index (χ3v) is 3.00. The minimum atomic E-state index is 0.356. The molecule has 0 radical (unpaired) electrons. The highest BCUT2D eigenvalue weighted by molar-refractivity contribution is 4.58. The van der Waals surface area contributed by atoms with Gasteiger partial charge in [0, 0.05) is 6.61 Å². The molecule has 0 atom stereocenters. The topological polar surface area (TPSA) is 23.5 Å². The molecule has 0 saturated carbocycles. The first-order valence-electron chi connectivity index (χ1n) is 7.18. The second-order valence-electron chi connectivity index (χ2n) is 4.69. The summed E-state index contributed by atoms with van der Waals surface area (Å²) in [5.74, 6) is 0. The molecule has 0 aliphatic heterocycles. The minimum Gasteiger partial charge on any atom is -0.396 e. The second kappa shape index (κ2) is 13.0. The van der Waals surface area contributed by atoms with Crippen LogP contribution in [-0.4, -0.2) is 36.2 Å². The van der Waals surface area contributed by atoms with Gasteiger partial charge in [-0.1, -0.05) is 39.5 Å². The fourth-order valence-electron chi connectivity index (χ4n) is 2.04. The summed E-state index contributed by atoms with van der Waals surface area (Å²) in [5.41, 5.74) is 0. The van der Waals surface area contributed by atoms with Gasteiger partial charge in [-0.25, -0.2) is 0 Å². The highest BCUT2D eigenvalue weighted by atomic mass is 16.2. The summed E-state index contributed by atoms with van der Waals surface area (Å²) in [7, 11) is 0. The highest BCUT2D eigenvalue weighted by Crippen LogP contribution is 2.04. The Kier molecular flexibility index (Phi) is 12.9. The summed E-state index contributed by atoms with van der Waals surface area (Å²) < 4.78 is 0. The molecule has 0 fully saturated rings. The minimum absolute atomic E-state index is 0.356. The lowest BCUT2D eigenvalue weighted by Gasteiger charge is -2.21. The van der Waals surface area contributed by atoms with Crippen LogP contribution >= 0.6 is 0 Å². The van der Waals surface area contributed by atoms with Gasteiger partial charge < -0.3 is 10.0 Å². The quantitative estimate of drug-likeness (QED) is 0.518. The summed E-state index contributed by atoms with van der Waals surface area (Å²) in [4.78, 5) is 2.61. The lowest BCUT2D eigenvalue weighted by atomic mass is 10.2. The average molecular weight is 229 g/mol. The van der Waals surface area contributed by atoms with E-state index in [1.165, 1.54) is 64.6 Å². The van der Waals surface area contributed by atoms with Gasteiger partial charge in [-0.3, -0.25) is 0 Å². The maximum atomic E-state index is 8.69.